The van der Waals surface area contributed by atoms with E-state index in [-0.39, 0.29) is 23.4 Å². The molecule has 2 aromatic rings. The van der Waals surface area contributed by atoms with Crippen molar-refractivity contribution in [3.05, 3.63) is 63.6 Å². The first-order valence-corrected chi connectivity index (χ1v) is 14.3. The zero-order chi connectivity index (χ0) is 26.5. The first-order chi connectivity index (χ1) is 17.0. The summed E-state index contributed by atoms with van der Waals surface area (Å²) in [6.45, 7) is 3.18. The van der Waals surface area contributed by atoms with E-state index in [1.807, 2.05) is 6.92 Å². The van der Waals surface area contributed by atoms with E-state index >= 15 is 0 Å². The topological polar surface area (TPSA) is 86.8 Å². The Morgan fingerprint density at radius 1 is 1.03 bits per heavy atom. The van der Waals surface area contributed by atoms with Crippen molar-refractivity contribution in [1.29, 1.82) is 0 Å². The van der Waals surface area contributed by atoms with E-state index in [1.165, 1.54) is 24.1 Å². The molecule has 0 heterocycles. The Morgan fingerprint density at radius 2 is 1.67 bits per heavy atom. The molecule has 7 nitrogen and oxygen atoms in total. The number of benzene rings is 2. The summed E-state index contributed by atoms with van der Waals surface area (Å²) < 4.78 is 27.1. The highest BCUT2D eigenvalue weighted by Gasteiger charge is 2.31. The number of aryl methyl sites for hydroxylation is 1. The third-order valence-corrected chi connectivity index (χ3v) is 9.10. The number of sulfonamides is 1. The summed E-state index contributed by atoms with van der Waals surface area (Å²) in [5.74, 6) is -0.759. The molecule has 36 heavy (non-hydrogen) atoms. The van der Waals surface area contributed by atoms with Gasteiger partial charge < -0.3 is 10.2 Å². The highest BCUT2D eigenvalue weighted by atomic mass is 35.5. The van der Waals surface area contributed by atoms with Crippen molar-refractivity contribution in [3.63, 3.8) is 0 Å². The molecule has 3 rings (SSSR count). The van der Waals surface area contributed by atoms with Crippen LogP contribution in [0.4, 0.5) is 0 Å². The van der Waals surface area contributed by atoms with Crippen LogP contribution < -0.4 is 5.32 Å². The average molecular weight is 555 g/mol. The molecule has 196 valence electrons. The fraction of sp³-hybridized carbons (Fsp3) is 0.462. The third kappa shape index (κ3) is 7.22. The van der Waals surface area contributed by atoms with Gasteiger partial charge in [0, 0.05) is 19.6 Å². The lowest BCUT2D eigenvalue weighted by atomic mass is 9.95. The van der Waals surface area contributed by atoms with Crippen LogP contribution >= 0.6 is 23.2 Å². The Labute approximate surface area is 223 Å². The molecule has 1 N–H and O–H groups in total. The van der Waals surface area contributed by atoms with Gasteiger partial charge in [-0.25, -0.2) is 8.42 Å². The highest BCUT2D eigenvalue weighted by Crippen LogP contribution is 2.24. The Kier molecular flexibility index (Phi) is 9.80. The van der Waals surface area contributed by atoms with Gasteiger partial charge >= 0.3 is 0 Å². The summed E-state index contributed by atoms with van der Waals surface area (Å²) in [5, 5.41) is 3.78. The Morgan fingerprint density at radius 3 is 2.28 bits per heavy atom. The van der Waals surface area contributed by atoms with Crippen LogP contribution in [0.25, 0.3) is 0 Å². The zero-order valence-corrected chi connectivity index (χ0v) is 23.2. The van der Waals surface area contributed by atoms with E-state index in [9.17, 15) is 18.0 Å². The van der Waals surface area contributed by atoms with Gasteiger partial charge in [-0.3, -0.25) is 9.59 Å². The monoisotopic (exact) mass is 553 g/mol. The van der Waals surface area contributed by atoms with Gasteiger partial charge in [0.25, 0.3) is 0 Å². The first kappa shape index (κ1) is 28.4. The van der Waals surface area contributed by atoms with E-state index in [0.717, 1.165) is 42.0 Å². The lowest BCUT2D eigenvalue weighted by Gasteiger charge is -2.32. The van der Waals surface area contributed by atoms with Crippen molar-refractivity contribution >= 4 is 45.0 Å². The van der Waals surface area contributed by atoms with E-state index in [0.29, 0.717) is 15.6 Å². The van der Waals surface area contributed by atoms with Crippen LogP contribution in [0.15, 0.2) is 47.4 Å². The number of nitrogens with one attached hydrogen (secondary N) is 1. The molecule has 1 fully saturated rings. The van der Waals surface area contributed by atoms with Gasteiger partial charge in [0.1, 0.15) is 6.04 Å². The maximum absolute atomic E-state index is 13.5. The average Bonchev–Trinajstić information content (AvgIpc) is 2.85. The summed E-state index contributed by atoms with van der Waals surface area (Å²) in [5.41, 5.74) is 1.61. The van der Waals surface area contributed by atoms with Crippen LogP contribution in [0.2, 0.25) is 10.0 Å². The number of likely N-dealkylation sites (N-methyl/N-ethyl adjacent to an activating group) is 1. The highest BCUT2D eigenvalue weighted by molar-refractivity contribution is 7.89. The summed E-state index contributed by atoms with van der Waals surface area (Å²) in [7, 11) is -2.53. The second kappa shape index (κ2) is 12.4. The first-order valence-electron chi connectivity index (χ1n) is 12.1. The maximum Gasteiger partial charge on any atom is 0.243 e. The second-order valence-electron chi connectivity index (χ2n) is 9.36. The molecule has 1 aliphatic rings. The predicted octanol–water partition coefficient (Wildman–Crippen LogP) is 4.79. The zero-order valence-electron chi connectivity index (χ0n) is 20.8. The maximum atomic E-state index is 13.5. The van der Waals surface area contributed by atoms with E-state index in [1.54, 1.807) is 37.3 Å². The molecular weight excluding hydrogens is 521 g/mol. The van der Waals surface area contributed by atoms with E-state index < -0.39 is 28.5 Å². The molecule has 2 amide bonds. The molecule has 0 aliphatic heterocycles. The van der Waals surface area contributed by atoms with Gasteiger partial charge in [-0.2, -0.15) is 4.31 Å². The van der Waals surface area contributed by atoms with Crippen LogP contribution in [0.3, 0.4) is 0 Å². The van der Waals surface area contributed by atoms with E-state index in [2.05, 4.69) is 5.32 Å². The number of carbonyl (C=O) groups excluding carboxylic acids is 2. The number of nitrogens with zero attached hydrogens (tertiary/aromatic N) is 2. The minimum Gasteiger partial charge on any atom is -0.352 e. The lowest BCUT2D eigenvalue weighted by Crippen LogP contribution is -2.52. The molecule has 1 aliphatic carbocycles. The van der Waals surface area contributed by atoms with Crippen molar-refractivity contribution in [1.82, 2.24) is 14.5 Å². The van der Waals surface area contributed by atoms with Crippen LogP contribution in [0.5, 0.6) is 0 Å². The fourth-order valence-corrected chi connectivity index (χ4v) is 5.68. The Hall–Kier alpha value is -2.13. The largest absolute Gasteiger partial charge is 0.352 e. The number of halogens is 2. The van der Waals surface area contributed by atoms with Crippen molar-refractivity contribution in [3.8, 4) is 0 Å². The molecule has 1 atom stereocenters. The number of hydrogen-bond acceptors (Lipinski definition) is 4. The molecule has 0 radical (unpaired) electrons. The van der Waals surface area contributed by atoms with Crippen molar-refractivity contribution in [2.45, 2.75) is 69.5 Å². The number of hydrogen-bond donors (Lipinski definition) is 1. The molecule has 10 heteroatoms. The smallest absolute Gasteiger partial charge is 0.243 e. The standard InChI is InChI=1S/C26H33Cl2N3O4S/c1-18-9-12-22(13-10-18)36(34,35)30(3)17-25(32)31(16-20-11-14-23(27)24(28)15-20)19(2)26(33)29-21-7-5-4-6-8-21/h9-15,19,21H,4-8,16-17H2,1-3H3,(H,29,33). The fourth-order valence-electron chi connectivity index (χ4n) is 4.24. The quantitative estimate of drug-likeness (QED) is 0.483. The van der Waals surface area contributed by atoms with Crippen molar-refractivity contribution in [2.75, 3.05) is 13.6 Å². The Bertz CT molecular complexity index is 1180. The van der Waals surface area contributed by atoms with Crippen LogP contribution in [-0.4, -0.2) is 55.1 Å². The van der Waals surface area contributed by atoms with Gasteiger partial charge in [0.05, 0.1) is 21.5 Å². The van der Waals surface area contributed by atoms with Gasteiger partial charge in [0.15, 0.2) is 0 Å². The predicted molar refractivity (Wildman–Crippen MR) is 142 cm³/mol. The molecular formula is C26H33Cl2N3O4S. The number of amides is 2. The minimum absolute atomic E-state index is 0.0768. The summed E-state index contributed by atoms with van der Waals surface area (Å²) >= 11 is 12.2. The Balaban J connectivity index is 1.81. The molecule has 1 saturated carbocycles. The van der Waals surface area contributed by atoms with Gasteiger partial charge in [0.2, 0.25) is 21.8 Å². The molecule has 0 saturated heterocycles. The second-order valence-corrected chi connectivity index (χ2v) is 12.2. The summed E-state index contributed by atoms with van der Waals surface area (Å²) in [6.07, 6.45) is 5.11. The molecule has 1 unspecified atom stereocenters. The van der Waals surface area contributed by atoms with E-state index in [4.69, 9.17) is 23.2 Å². The van der Waals surface area contributed by atoms with Crippen LogP contribution in [-0.2, 0) is 26.2 Å². The number of rotatable bonds is 9. The SMILES string of the molecule is Cc1ccc(S(=O)(=O)N(C)CC(=O)N(Cc2ccc(Cl)c(Cl)c2)C(C)C(=O)NC2CCCCC2)cc1. The molecule has 0 aromatic heterocycles. The molecule has 0 bridgehead atoms. The summed E-state index contributed by atoms with van der Waals surface area (Å²) in [6, 6.07) is 10.7. The van der Waals surface area contributed by atoms with Crippen LogP contribution in [0.1, 0.15) is 50.2 Å². The number of carbonyl (C=O) groups is 2. The van der Waals surface area contributed by atoms with Crippen LogP contribution in [0, 0.1) is 6.92 Å². The minimum atomic E-state index is -3.89. The third-order valence-electron chi connectivity index (χ3n) is 6.54. The van der Waals surface area contributed by atoms with Crippen molar-refractivity contribution < 1.29 is 18.0 Å². The lowest BCUT2D eigenvalue weighted by molar-refractivity contribution is -0.141. The van der Waals surface area contributed by atoms with Gasteiger partial charge in [-0.15, -0.1) is 0 Å². The van der Waals surface area contributed by atoms with Gasteiger partial charge in [-0.05, 0) is 56.5 Å². The summed E-state index contributed by atoms with van der Waals surface area (Å²) in [4.78, 5) is 28.1. The molecule has 0 spiro atoms. The van der Waals surface area contributed by atoms with Crippen molar-refractivity contribution in [2.24, 2.45) is 0 Å². The van der Waals surface area contributed by atoms with Gasteiger partial charge in [-0.1, -0.05) is 66.2 Å². The normalized spacial score (nSPS) is 15.5. The molecule has 2 aromatic carbocycles.